The third-order valence-electron chi connectivity index (χ3n) is 7.83. The molecule has 3 aliphatic rings. The zero-order chi connectivity index (χ0) is 34.9. The maximum Gasteiger partial charge on any atom is 0.300 e. The summed E-state index contributed by atoms with van der Waals surface area (Å²) in [5, 5.41) is 22.7. The molecule has 1 aromatic heterocycles. The van der Waals surface area contributed by atoms with Crippen LogP contribution in [0, 0.1) is 17.1 Å². The molecule has 0 saturated carbocycles. The van der Waals surface area contributed by atoms with Gasteiger partial charge in [-0.25, -0.2) is 9.37 Å². The summed E-state index contributed by atoms with van der Waals surface area (Å²) in [4.78, 5) is 41.7. The maximum atomic E-state index is 15.1. The fourth-order valence-electron chi connectivity index (χ4n) is 5.48. The van der Waals surface area contributed by atoms with Crippen LogP contribution in [0.5, 0.6) is 17.2 Å². The third kappa shape index (κ3) is 8.81. The molecular formula is C36H34FN5O7. The summed E-state index contributed by atoms with van der Waals surface area (Å²) in [7, 11) is 1.53. The summed E-state index contributed by atoms with van der Waals surface area (Å²) >= 11 is 0. The van der Waals surface area contributed by atoms with E-state index in [1.807, 2.05) is 11.0 Å². The van der Waals surface area contributed by atoms with E-state index >= 15 is 4.39 Å². The highest BCUT2D eigenvalue weighted by Crippen LogP contribution is 2.30. The van der Waals surface area contributed by atoms with Crippen LogP contribution in [-0.2, 0) is 16.1 Å². The van der Waals surface area contributed by atoms with E-state index in [1.54, 1.807) is 60.8 Å². The number of pyridine rings is 1. The van der Waals surface area contributed by atoms with Gasteiger partial charge in [0.15, 0.2) is 6.61 Å². The number of nitrogens with zero attached hydrogens (tertiary/aromatic N) is 3. The summed E-state index contributed by atoms with van der Waals surface area (Å²) in [5.41, 5.74) is 2.38. The van der Waals surface area contributed by atoms with Crippen molar-refractivity contribution in [1.29, 1.82) is 5.26 Å². The smallest absolute Gasteiger partial charge is 0.300 e. The Kier molecular flexibility index (Phi) is 10.9. The van der Waals surface area contributed by atoms with E-state index in [2.05, 4.69) is 21.7 Å². The van der Waals surface area contributed by atoms with Crippen molar-refractivity contribution in [1.82, 2.24) is 15.6 Å². The number of aliphatic carboxylic acids is 1. The second-order valence-corrected chi connectivity index (χ2v) is 11.3. The Morgan fingerprint density at radius 3 is 2.65 bits per heavy atom. The highest BCUT2D eigenvalue weighted by molar-refractivity contribution is 5.96. The van der Waals surface area contributed by atoms with Crippen molar-refractivity contribution in [3.63, 3.8) is 0 Å². The number of hydrogen-bond donors (Lipinski definition) is 3. The second kappa shape index (κ2) is 15.6. The van der Waals surface area contributed by atoms with Gasteiger partial charge in [-0.1, -0.05) is 18.2 Å². The fourth-order valence-corrected chi connectivity index (χ4v) is 5.48. The minimum Gasteiger partial charge on any atom is -0.496 e. The van der Waals surface area contributed by atoms with Gasteiger partial charge < -0.3 is 34.9 Å². The molecule has 252 valence electrons. The van der Waals surface area contributed by atoms with Crippen LogP contribution >= 0.6 is 0 Å². The number of nitriles is 1. The zero-order valence-electron chi connectivity index (χ0n) is 26.8. The first-order valence-corrected chi connectivity index (χ1v) is 15.4. The molecule has 0 radical (unpaired) electrons. The van der Waals surface area contributed by atoms with Crippen LogP contribution in [0.25, 0.3) is 11.1 Å². The van der Waals surface area contributed by atoms with E-state index in [-0.39, 0.29) is 24.6 Å². The lowest BCUT2D eigenvalue weighted by atomic mass is 9.99. The van der Waals surface area contributed by atoms with Crippen molar-refractivity contribution in [3.05, 3.63) is 102 Å². The van der Waals surface area contributed by atoms with Crippen molar-refractivity contribution in [3.8, 4) is 34.4 Å². The Bertz CT molecular complexity index is 1890. The first-order valence-electron chi connectivity index (χ1n) is 15.4. The molecule has 4 aromatic rings. The number of hydrogen-bond acceptors (Lipinski definition) is 9. The average molecular weight is 668 g/mol. The van der Waals surface area contributed by atoms with E-state index in [9.17, 15) is 14.9 Å². The van der Waals surface area contributed by atoms with E-state index in [0.717, 1.165) is 12.5 Å². The van der Waals surface area contributed by atoms with Gasteiger partial charge in [0.25, 0.3) is 17.8 Å². The van der Waals surface area contributed by atoms with Crippen LogP contribution in [0.2, 0.25) is 0 Å². The number of benzene rings is 3. The molecule has 3 aromatic carbocycles. The van der Waals surface area contributed by atoms with Gasteiger partial charge in [-0.15, -0.1) is 0 Å². The molecule has 3 N–H and O–H groups in total. The highest BCUT2D eigenvalue weighted by atomic mass is 19.1. The number of fused-ring (bicyclic) bond motifs is 7. The lowest BCUT2D eigenvalue weighted by molar-refractivity contribution is -0.134. The number of anilines is 1. The van der Waals surface area contributed by atoms with Crippen LogP contribution in [-0.4, -0.2) is 66.8 Å². The predicted octanol–water partition coefficient (Wildman–Crippen LogP) is 4.32. The summed E-state index contributed by atoms with van der Waals surface area (Å²) in [6.07, 6.45) is 1.59. The van der Waals surface area contributed by atoms with E-state index in [1.165, 1.54) is 19.2 Å². The van der Waals surface area contributed by atoms with Gasteiger partial charge in [-0.2, -0.15) is 5.26 Å². The van der Waals surface area contributed by atoms with Crippen molar-refractivity contribution >= 4 is 23.6 Å². The Labute approximate surface area is 282 Å². The number of aromatic nitrogens is 1. The minimum atomic E-state index is -0.833. The normalized spacial score (nSPS) is 17.3. The van der Waals surface area contributed by atoms with Crippen LogP contribution < -0.4 is 29.7 Å². The minimum absolute atomic E-state index is 0.126. The van der Waals surface area contributed by atoms with Gasteiger partial charge in [0, 0.05) is 50.8 Å². The molecule has 7 rings (SSSR count). The zero-order valence-corrected chi connectivity index (χ0v) is 26.8. The highest BCUT2D eigenvalue weighted by Gasteiger charge is 2.34. The van der Waals surface area contributed by atoms with E-state index in [0.29, 0.717) is 59.3 Å². The number of carboxylic acid groups (broad SMARTS) is 1. The molecule has 2 atom stereocenters. The third-order valence-corrected chi connectivity index (χ3v) is 7.83. The molecule has 0 aliphatic carbocycles. The number of piperidine rings is 1. The van der Waals surface area contributed by atoms with Gasteiger partial charge >= 0.3 is 0 Å². The number of carbonyl (C=O) groups excluding carboxylic acids is 2. The molecule has 12 nitrogen and oxygen atoms in total. The number of carbonyl (C=O) groups is 3. The number of halogens is 1. The summed E-state index contributed by atoms with van der Waals surface area (Å²) in [5.74, 6) is -0.348. The van der Waals surface area contributed by atoms with Gasteiger partial charge in [0.05, 0.1) is 30.3 Å². The van der Waals surface area contributed by atoms with Gasteiger partial charge in [-0.05, 0) is 59.7 Å². The number of carboxylic acids is 1. The molecule has 0 spiro atoms. The van der Waals surface area contributed by atoms with Crippen molar-refractivity contribution in [2.24, 2.45) is 0 Å². The average Bonchev–Trinajstić information content (AvgIpc) is 3.10. The molecule has 0 unspecified atom stereocenters. The fraction of sp³-hybridized carbons (Fsp3) is 0.250. The topological polar surface area (TPSA) is 163 Å². The van der Waals surface area contributed by atoms with Gasteiger partial charge in [0.2, 0.25) is 0 Å². The molecule has 2 amide bonds. The lowest BCUT2D eigenvalue weighted by Gasteiger charge is -2.39. The lowest BCUT2D eigenvalue weighted by Crippen LogP contribution is -2.57. The summed E-state index contributed by atoms with van der Waals surface area (Å²) in [6, 6.07) is 21.5. The van der Waals surface area contributed by atoms with Crippen molar-refractivity contribution in [2.45, 2.75) is 32.0 Å². The maximum absolute atomic E-state index is 15.1. The van der Waals surface area contributed by atoms with Crippen LogP contribution in [0.4, 0.5) is 10.2 Å². The molecule has 4 heterocycles. The Balaban J connectivity index is 0.00000111. The number of ether oxygens (including phenoxy) is 3. The monoisotopic (exact) mass is 667 g/mol. The Hall–Kier alpha value is -6.16. The first-order chi connectivity index (χ1) is 23.6. The van der Waals surface area contributed by atoms with Crippen LogP contribution in [0.1, 0.15) is 34.8 Å². The largest absolute Gasteiger partial charge is 0.496 e. The molecular weight excluding hydrogens is 633 g/mol. The second-order valence-electron chi connectivity index (χ2n) is 11.3. The quantitative estimate of drug-likeness (QED) is 0.281. The number of methoxy groups -OCH3 is 1. The molecule has 3 aliphatic heterocycles. The number of amides is 2. The Morgan fingerprint density at radius 2 is 1.88 bits per heavy atom. The SMILES string of the molecule is CC(=O)O.COc1cc2ccc1CNC(=O)COc1cccc(c1)-c1ccc(F)c(c1)C(=O)N[C@@H]1CN(c3cc(C#N)ccn3)CC[C@@H]1O2. The molecule has 1 saturated heterocycles. The summed E-state index contributed by atoms with van der Waals surface area (Å²) in [6.45, 7) is 1.94. The van der Waals surface area contributed by atoms with Gasteiger partial charge in [-0.3, -0.25) is 14.4 Å². The first kappa shape index (κ1) is 34.2. The van der Waals surface area contributed by atoms with Crippen molar-refractivity contribution in [2.75, 3.05) is 31.7 Å². The van der Waals surface area contributed by atoms with E-state index in [4.69, 9.17) is 24.1 Å². The molecule has 6 bridgehead atoms. The predicted molar refractivity (Wildman–Crippen MR) is 177 cm³/mol. The molecule has 49 heavy (non-hydrogen) atoms. The number of nitrogens with one attached hydrogen (secondary N) is 2. The van der Waals surface area contributed by atoms with E-state index < -0.39 is 29.8 Å². The van der Waals surface area contributed by atoms with Crippen LogP contribution in [0.3, 0.4) is 0 Å². The molecule has 1 fully saturated rings. The van der Waals surface area contributed by atoms with Crippen molar-refractivity contribution < 1.29 is 38.1 Å². The Morgan fingerprint density at radius 1 is 1.08 bits per heavy atom. The standard InChI is InChI=1S/C34H30FN5O5.C2H4O2/c1-43-31-16-26-7-5-24(31)18-38-33(41)20-44-25-4-2-3-22(14-25)23-6-8-28(35)27(15-23)34(42)39-29-19-40(12-10-30(29)45-26)32-13-21(17-36)9-11-37-32;1-2(3)4/h2-9,11,13-16,29-30H,10,12,18-20H2,1H3,(H,38,41)(H,39,42);1H3,(H,3,4)/t29-,30+;/m1./s1. The molecule has 13 heteroatoms. The van der Waals surface area contributed by atoms with Crippen LogP contribution in [0.15, 0.2) is 79.0 Å². The van der Waals surface area contributed by atoms with Gasteiger partial charge in [0.1, 0.15) is 35.0 Å². The summed E-state index contributed by atoms with van der Waals surface area (Å²) < 4.78 is 32.9. The number of rotatable bonds is 2.